The van der Waals surface area contributed by atoms with Crippen LogP contribution in [0.5, 0.6) is 0 Å². The summed E-state index contributed by atoms with van der Waals surface area (Å²) in [6.45, 7) is 0. The molecule has 2 aromatic carbocycles. The first kappa shape index (κ1) is 17.7. The lowest BCUT2D eigenvalue weighted by Gasteiger charge is -2.23. The fourth-order valence-electron chi connectivity index (χ4n) is 3.51. The van der Waals surface area contributed by atoms with Crippen LogP contribution in [0.1, 0.15) is 23.1 Å². The Morgan fingerprint density at radius 2 is 1.78 bits per heavy atom. The second-order valence-electron chi connectivity index (χ2n) is 6.83. The fraction of sp³-hybridized carbons (Fsp3) is 0.238. The van der Waals surface area contributed by atoms with Crippen molar-refractivity contribution >= 4 is 11.5 Å². The Hall–Kier alpha value is -2.73. The number of hydrogen-bond donors (Lipinski definition) is 3. The van der Waals surface area contributed by atoms with Crippen LogP contribution in [0.2, 0.25) is 0 Å². The Labute approximate surface area is 154 Å². The molecule has 3 aromatic rings. The lowest BCUT2D eigenvalue weighted by molar-refractivity contribution is -0.137. The quantitative estimate of drug-likeness (QED) is 0.585. The molecule has 4 rings (SSSR count). The number of alkyl halides is 3. The van der Waals surface area contributed by atoms with Crippen molar-refractivity contribution in [1.82, 2.24) is 4.98 Å². The number of benzene rings is 2. The van der Waals surface area contributed by atoms with Gasteiger partial charge in [-0.1, -0.05) is 24.3 Å². The maximum absolute atomic E-state index is 12.7. The van der Waals surface area contributed by atoms with E-state index in [2.05, 4.69) is 16.4 Å². The number of aryl methyl sites for hydroxylation is 1. The Morgan fingerprint density at radius 1 is 1.00 bits per heavy atom. The highest BCUT2D eigenvalue weighted by atomic mass is 19.4. The third-order valence-electron chi connectivity index (χ3n) is 4.94. The van der Waals surface area contributed by atoms with Crippen molar-refractivity contribution in [3.63, 3.8) is 0 Å². The molecule has 0 saturated heterocycles. The zero-order valence-electron chi connectivity index (χ0n) is 14.5. The van der Waals surface area contributed by atoms with Crippen LogP contribution in [0.3, 0.4) is 0 Å². The normalized spacial score (nSPS) is 16.8. The molecule has 1 aliphatic rings. The summed E-state index contributed by atoms with van der Waals surface area (Å²) in [5.74, 6) is 0.748. The molecule has 0 bridgehead atoms. The molecule has 1 aromatic heterocycles. The van der Waals surface area contributed by atoms with E-state index >= 15 is 0 Å². The molecule has 0 amide bonds. The molecule has 3 nitrogen and oxygen atoms in total. The third-order valence-corrected chi connectivity index (χ3v) is 4.94. The fourth-order valence-corrected chi connectivity index (χ4v) is 3.51. The van der Waals surface area contributed by atoms with Gasteiger partial charge in [0.2, 0.25) is 0 Å². The topological polar surface area (TPSA) is 48.0 Å². The largest absolute Gasteiger partial charge is 0.416 e. The number of aromatic nitrogens is 1. The summed E-state index contributed by atoms with van der Waals surface area (Å²) in [4.78, 5) is 3.20. The average Bonchev–Trinajstić information content (AvgIpc) is 3.10. The molecule has 1 unspecified atom stereocenters. The molecule has 27 heavy (non-hydrogen) atoms. The standard InChI is InChI=1S/C21H19F3N2O/c22-21(23,24)15-7-4-14(5-8-15)18-10-11-20(25-18)26-19-3-1-2-13-6-9-16(27)12-17(13)19/h1-5,7-8,10-11,16,25-27H,6,9,12H2. The third kappa shape index (κ3) is 3.71. The van der Waals surface area contributed by atoms with Gasteiger partial charge in [0.05, 0.1) is 11.7 Å². The number of nitrogens with one attached hydrogen (secondary N) is 2. The minimum Gasteiger partial charge on any atom is -0.393 e. The van der Waals surface area contributed by atoms with E-state index in [9.17, 15) is 18.3 Å². The number of anilines is 2. The summed E-state index contributed by atoms with van der Waals surface area (Å²) in [5, 5.41) is 13.3. The number of aromatic amines is 1. The molecule has 140 valence electrons. The number of H-pyrrole nitrogens is 1. The Kier molecular flexibility index (Phi) is 4.44. The number of aliphatic hydroxyl groups excluding tert-OH is 1. The van der Waals surface area contributed by atoms with Crippen LogP contribution in [0, 0.1) is 0 Å². The van der Waals surface area contributed by atoms with E-state index in [-0.39, 0.29) is 6.10 Å². The Balaban J connectivity index is 1.56. The summed E-state index contributed by atoms with van der Waals surface area (Å²) in [5.41, 5.74) is 4.04. The van der Waals surface area contributed by atoms with E-state index in [1.54, 1.807) is 0 Å². The van der Waals surface area contributed by atoms with Crippen LogP contribution >= 0.6 is 0 Å². The average molecular weight is 372 g/mol. The summed E-state index contributed by atoms with van der Waals surface area (Å²) < 4.78 is 38.1. The molecule has 0 spiro atoms. The van der Waals surface area contributed by atoms with Gasteiger partial charge in [0.25, 0.3) is 0 Å². The van der Waals surface area contributed by atoms with Gasteiger partial charge in [-0.3, -0.25) is 0 Å². The van der Waals surface area contributed by atoms with E-state index < -0.39 is 11.7 Å². The first-order chi connectivity index (χ1) is 12.9. The number of halogens is 3. The summed E-state index contributed by atoms with van der Waals surface area (Å²) in [6, 6.07) is 14.8. The molecule has 1 aliphatic carbocycles. The van der Waals surface area contributed by atoms with Gasteiger partial charge in [-0.25, -0.2) is 0 Å². The van der Waals surface area contributed by atoms with Crippen molar-refractivity contribution in [3.8, 4) is 11.3 Å². The van der Waals surface area contributed by atoms with Crippen LogP contribution in [0.4, 0.5) is 24.7 Å². The molecule has 0 radical (unpaired) electrons. The van der Waals surface area contributed by atoms with Crippen LogP contribution < -0.4 is 5.32 Å². The SMILES string of the molecule is OC1CCc2cccc(Nc3ccc(-c4ccc(C(F)(F)F)cc4)[nH]3)c2C1. The predicted octanol–water partition coefficient (Wildman–Crippen LogP) is 5.29. The molecule has 0 aliphatic heterocycles. The van der Waals surface area contributed by atoms with E-state index in [0.29, 0.717) is 12.0 Å². The maximum Gasteiger partial charge on any atom is 0.416 e. The minimum atomic E-state index is -4.34. The molecule has 1 atom stereocenters. The zero-order valence-corrected chi connectivity index (χ0v) is 14.5. The van der Waals surface area contributed by atoms with Crippen LogP contribution in [0.15, 0.2) is 54.6 Å². The molecule has 3 N–H and O–H groups in total. The van der Waals surface area contributed by atoms with Gasteiger partial charge in [0, 0.05) is 17.8 Å². The van der Waals surface area contributed by atoms with Gasteiger partial charge in [-0.2, -0.15) is 13.2 Å². The zero-order chi connectivity index (χ0) is 19.0. The van der Waals surface area contributed by atoms with Crippen molar-refractivity contribution in [2.24, 2.45) is 0 Å². The summed E-state index contributed by atoms with van der Waals surface area (Å²) in [6.07, 6.45) is -2.42. The van der Waals surface area contributed by atoms with Crippen molar-refractivity contribution in [1.29, 1.82) is 0 Å². The van der Waals surface area contributed by atoms with Crippen molar-refractivity contribution in [2.45, 2.75) is 31.5 Å². The molecule has 1 heterocycles. The summed E-state index contributed by atoms with van der Waals surface area (Å²) in [7, 11) is 0. The summed E-state index contributed by atoms with van der Waals surface area (Å²) >= 11 is 0. The second kappa shape index (κ2) is 6.78. The highest BCUT2D eigenvalue weighted by Crippen LogP contribution is 2.33. The first-order valence-corrected chi connectivity index (χ1v) is 8.82. The van der Waals surface area contributed by atoms with Crippen molar-refractivity contribution < 1.29 is 18.3 Å². The maximum atomic E-state index is 12.7. The highest BCUT2D eigenvalue weighted by molar-refractivity contribution is 5.68. The Morgan fingerprint density at radius 3 is 2.52 bits per heavy atom. The van der Waals surface area contributed by atoms with Crippen molar-refractivity contribution in [3.05, 3.63) is 71.3 Å². The van der Waals surface area contributed by atoms with Gasteiger partial charge in [0.15, 0.2) is 0 Å². The number of fused-ring (bicyclic) bond motifs is 1. The van der Waals surface area contributed by atoms with Crippen LogP contribution in [-0.2, 0) is 19.0 Å². The minimum absolute atomic E-state index is 0.327. The van der Waals surface area contributed by atoms with Crippen LogP contribution in [0.25, 0.3) is 11.3 Å². The lowest BCUT2D eigenvalue weighted by atomic mass is 9.88. The monoisotopic (exact) mass is 372 g/mol. The van der Waals surface area contributed by atoms with E-state index in [1.807, 2.05) is 24.3 Å². The highest BCUT2D eigenvalue weighted by Gasteiger charge is 2.30. The number of hydrogen-bond acceptors (Lipinski definition) is 2. The lowest BCUT2D eigenvalue weighted by Crippen LogP contribution is -2.19. The number of aliphatic hydroxyl groups is 1. The number of rotatable bonds is 3. The van der Waals surface area contributed by atoms with Gasteiger partial charge >= 0.3 is 6.18 Å². The molecular formula is C21H19F3N2O. The molecule has 0 saturated carbocycles. The predicted molar refractivity (Wildman–Crippen MR) is 99.0 cm³/mol. The van der Waals surface area contributed by atoms with Gasteiger partial charge in [0.1, 0.15) is 5.82 Å². The van der Waals surface area contributed by atoms with E-state index in [4.69, 9.17) is 0 Å². The van der Waals surface area contributed by atoms with Gasteiger partial charge < -0.3 is 15.4 Å². The molecular weight excluding hydrogens is 353 g/mol. The van der Waals surface area contributed by atoms with E-state index in [1.165, 1.54) is 17.7 Å². The van der Waals surface area contributed by atoms with Gasteiger partial charge in [-0.05, 0) is 59.9 Å². The van der Waals surface area contributed by atoms with Crippen LogP contribution in [-0.4, -0.2) is 16.2 Å². The van der Waals surface area contributed by atoms with Gasteiger partial charge in [-0.15, -0.1) is 0 Å². The van der Waals surface area contributed by atoms with E-state index in [0.717, 1.165) is 47.7 Å². The molecule has 6 heteroatoms. The first-order valence-electron chi connectivity index (χ1n) is 8.82. The van der Waals surface area contributed by atoms with Crippen molar-refractivity contribution in [2.75, 3.05) is 5.32 Å². The Bertz CT molecular complexity index is 945. The smallest absolute Gasteiger partial charge is 0.393 e. The molecule has 0 fully saturated rings. The second-order valence-corrected chi connectivity index (χ2v) is 6.83.